The molecular weight excluding hydrogens is 388 g/mol. The van der Waals surface area contributed by atoms with Gasteiger partial charge >= 0.3 is 0 Å². The second kappa shape index (κ2) is 10.1. The van der Waals surface area contributed by atoms with E-state index in [1.165, 1.54) is 48.3 Å². The van der Waals surface area contributed by atoms with Gasteiger partial charge in [-0.2, -0.15) is 0 Å². The quantitative estimate of drug-likeness (QED) is 0.628. The Kier molecular flexibility index (Phi) is 7.28. The second-order valence-electron chi connectivity index (χ2n) is 10.0. The Labute approximate surface area is 187 Å². The van der Waals surface area contributed by atoms with Gasteiger partial charge in [0.05, 0.1) is 0 Å². The number of fused-ring (bicyclic) bond motifs is 1. The van der Waals surface area contributed by atoms with E-state index in [1.807, 2.05) is 32.0 Å². The van der Waals surface area contributed by atoms with Crippen molar-refractivity contribution in [2.24, 2.45) is 5.92 Å². The molecule has 4 rings (SSSR count). The van der Waals surface area contributed by atoms with Gasteiger partial charge in [0, 0.05) is 18.3 Å². The number of aryl methyl sites for hydroxylation is 2. The fourth-order valence-electron chi connectivity index (χ4n) is 5.98. The predicted octanol–water partition coefficient (Wildman–Crippen LogP) is 0.207. The molecule has 2 aliphatic heterocycles. The molecule has 1 aliphatic carbocycles. The summed E-state index contributed by atoms with van der Waals surface area (Å²) in [7, 11) is 0. The summed E-state index contributed by atoms with van der Waals surface area (Å²) in [5.41, 5.74) is 3.16. The lowest BCUT2D eigenvalue weighted by molar-refractivity contribution is -1.00. The number of piperazine rings is 1. The highest BCUT2D eigenvalue weighted by molar-refractivity contribution is 5.93. The van der Waals surface area contributed by atoms with Gasteiger partial charge in [-0.25, -0.2) is 0 Å². The largest absolute Gasteiger partial charge is 0.335 e. The number of carbonyl (C=O) groups is 2. The van der Waals surface area contributed by atoms with E-state index in [4.69, 9.17) is 0 Å². The Morgan fingerprint density at radius 2 is 1.55 bits per heavy atom. The number of nitrogens with one attached hydrogen (secondary N) is 3. The first-order valence-electron chi connectivity index (χ1n) is 12.3. The lowest BCUT2D eigenvalue weighted by atomic mass is 9.78. The standard InChI is InChI=1S/C25H38N4O2/c1-19-7-5-8-20(2)25(19)26-23(30)17-27-13-15-28(16-14-27)18-24(31)29-12-6-10-21-9-3-4-11-22(21)29/h5,7-8,21-22H,3-4,6,9-18H2,1-2H3,(H,26,30)/p+2/t21-,22-/m0/s1. The molecule has 2 heterocycles. The normalized spacial score (nSPS) is 28.6. The van der Waals surface area contributed by atoms with Crippen LogP contribution in [0.1, 0.15) is 49.7 Å². The maximum Gasteiger partial charge on any atom is 0.279 e. The molecule has 0 spiro atoms. The monoisotopic (exact) mass is 428 g/mol. The summed E-state index contributed by atoms with van der Waals surface area (Å²) < 4.78 is 0. The highest BCUT2D eigenvalue weighted by Crippen LogP contribution is 2.35. The van der Waals surface area contributed by atoms with E-state index >= 15 is 0 Å². The third-order valence-electron chi connectivity index (χ3n) is 7.79. The summed E-state index contributed by atoms with van der Waals surface area (Å²) in [6.07, 6.45) is 7.63. The third-order valence-corrected chi connectivity index (χ3v) is 7.79. The van der Waals surface area contributed by atoms with Crippen LogP contribution in [-0.2, 0) is 9.59 Å². The summed E-state index contributed by atoms with van der Waals surface area (Å²) in [5, 5.41) is 3.11. The number of rotatable bonds is 5. The van der Waals surface area contributed by atoms with Crippen LogP contribution in [0.3, 0.4) is 0 Å². The summed E-state index contributed by atoms with van der Waals surface area (Å²) in [5.74, 6) is 1.20. The number of benzene rings is 1. The van der Waals surface area contributed by atoms with Gasteiger partial charge in [-0.3, -0.25) is 9.59 Å². The van der Waals surface area contributed by atoms with Gasteiger partial charge in [-0.15, -0.1) is 0 Å². The fourth-order valence-corrected chi connectivity index (χ4v) is 5.98. The van der Waals surface area contributed by atoms with E-state index in [0.29, 0.717) is 25.0 Å². The van der Waals surface area contributed by atoms with E-state index in [0.717, 1.165) is 55.5 Å². The zero-order chi connectivity index (χ0) is 21.8. The van der Waals surface area contributed by atoms with Gasteiger partial charge in [-0.1, -0.05) is 31.0 Å². The lowest BCUT2D eigenvalue weighted by Gasteiger charge is -2.44. The van der Waals surface area contributed by atoms with E-state index in [9.17, 15) is 9.59 Å². The van der Waals surface area contributed by atoms with Crippen LogP contribution in [0.5, 0.6) is 0 Å². The molecule has 170 valence electrons. The molecule has 0 aromatic heterocycles. The van der Waals surface area contributed by atoms with Crippen molar-refractivity contribution in [2.75, 3.05) is 51.1 Å². The Bertz CT molecular complexity index is 765. The Morgan fingerprint density at radius 3 is 2.26 bits per heavy atom. The molecule has 6 nitrogen and oxygen atoms in total. The molecule has 0 radical (unpaired) electrons. The molecule has 0 unspecified atom stereocenters. The minimum absolute atomic E-state index is 0.0867. The maximum absolute atomic E-state index is 13.1. The van der Waals surface area contributed by atoms with Crippen molar-refractivity contribution in [3.8, 4) is 0 Å². The fraction of sp³-hybridized carbons (Fsp3) is 0.680. The first-order chi connectivity index (χ1) is 15.0. The van der Waals surface area contributed by atoms with Crippen molar-refractivity contribution in [3.63, 3.8) is 0 Å². The number of hydrogen-bond donors (Lipinski definition) is 3. The molecule has 2 amide bonds. The van der Waals surface area contributed by atoms with Crippen molar-refractivity contribution >= 4 is 17.5 Å². The summed E-state index contributed by atoms with van der Waals surface area (Å²) in [6, 6.07) is 6.60. The molecule has 0 bridgehead atoms. The minimum Gasteiger partial charge on any atom is -0.335 e. The molecule has 3 N–H and O–H groups in total. The number of anilines is 1. The summed E-state index contributed by atoms with van der Waals surface area (Å²) in [6.45, 7) is 10.0. The Balaban J connectivity index is 1.22. The van der Waals surface area contributed by atoms with Gasteiger partial charge in [0.1, 0.15) is 26.2 Å². The summed E-state index contributed by atoms with van der Waals surface area (Å²) in [4.78, 5) is 30.6. The van der Waals surface area contributed by atoms with Crippen molar-refractivity contribution < 1.29 is 19.4 Å². The molecular formula is C25H40N4O2+2. The molecule has 3 aliphatic rings. The van der Waals surface area contributed by atoms with Crippen molar-refractivity contribution in [1.82, 2.24) is 4.90 Å². The second-order valence-corrected chi connectivity index (χ2v) is 10.0. The predicted molar refractivity (Wildman–Crippen MR) is 122 cm³/mol. The van der Waals surface area contributed by atoms with Crippen LogP contribution < -0.4 is 15.1 Å². The van der Waals surface area contributed by atoms with Gasteiger partial charge in [-0.05, 0) is 56.6 Å². The van der Waals surface area contributed by atoms with Gasteiger partial charge in [0.25, 0.3) is 11.8 Å². The van der Waals surface area contributed by atoms with E-state index < -0.39 is 0 Å². The third kappa shape index (κ3) is 5.47. The van der Waals surface area contributed by atoms with Crippen LogP contribution in [0.4, 0.5) is 5.69 Å². The van der Waals surface area contributed by atoms with Crippen LogP contribution in [0.25, 0.3) is 0 Å². The minimum atomic E-state index is 0.0867. The number of para-hydroxylation sites is 1. The molecule has 3 fully saturated rings. The van der Waals surface area contributed by atoms with Crippen molar-refractivity contribution in [2.45, 2.75) is 58.4 Å². The first-order valence-corrected chi connectivity index (χ1v) is 12.3. The van der Waals surface area contributed by atoms with Gasteiger partial charge in [0.15, 0.2) is 13.1 Å². The maximum atomic E-state index is 13.1. The number of amides is 2. The first kappa shape index (κ1) is 22.3. The number of nitrogens with zero attached hydrogens (tertiary/aromatic N) is 1. The average molecular weight is 429 g/mol. The van der Waals surface area contributed by atoms with E-state index in [1.54, 1.807) is 0 Å². The van der Waals surface area contributed by atoms with Crippen molar-refractivity contribution in [1.29, 1.82) is 0 Å². The lowest BCUT2D eigenvalue weighted by Crippen LogP contribution is -3.28. The zero-order valence-electron chi connectivity index (χ0n) is 19.3. The number of hydrogen-bond acceptors (Lipinski definition) is 2. The number of piperidine rings is 1. The van der Waals surface area contributed by atoms with Crippen LogP contribution >= 0.6 is 0 Å². The SMILES string of the molecule is Cc1cccc(C)c1NC(=O)C[NH+]1CC[NH+](CC(=O)N2CCC[C@@H]3CCCC[C@@H]32)CC1. The van der Waals surface area contributed by atoms with E-state index in [-0.39, 0.29) is 5.91 Å². The molecule has 1 aromatic rings. The molecule has 6 heteroatoms. The van der Waals surface area contributed by atoms with Crippen LogP contribution in [-0.4, -0.2) is 68.6 Å². The topological polar surface area (TPSA) is 58.3 Å². The number of carbonyl (C=O) groups excluding carboxylic acids is 2. The van der Waals surface area contributed by atoms with Gasteiger partial charge in [0.2, 0.25) is 0 Å². The number of quaternary nitrogens is 2. The highest BCUT2D eigenvalue weighted by atomic mass is 16.2. The molecule has 2 saturated heterocycles. The molecule has 1 aromatic carbocycles. The highest BCUT2D eigenvalue weighted by Gasteiger charge is 2.37. The average Bonchev–Trinajstić information content (AvgIpc) is 2.77. The molecule has 31 heavy (non-hydrogen) atoms. The zero-order valence-corrected chi connectivity index (χ0v) is 19.3. The van der Waals surface area contributed by atoms with Crippen LogP contribution in [0.2, 0.25) is 0 Å². The number of likely N-dealkylation sites (tertiary alicyclic amines) is 1. The van der Waals surface area contributed by atoms with Gasteiger partial charge < -0.3 is 20.0 Å². The Morgan fingerprint density at radius 1 is 0.935 bits per heavy atom. The summed E-state index contributed by atoms with van der Waals surface area (Å²) >= 11 is 0. The smallest absolute Gasteiger partial charge is 0.279 e. The van der Waals surface area contributed by atoms with Crippen LogP contribution in [0, 0.1) is 19.8 Å². The Hall–Kier alpha value is -1.92. The van der Waals surface area contributed by atoms with Crippen molar-refractivity contribution in [3.05, 3.63) is 29.3 Å². The molecule has 1 saturated carbocycles. The molecule has 2 atom stereocenters. The van der Waals surface area contributed by atoms with E-state index in [2.05, 4.69) is 10.2 Å². The van der Waals surface area contributed by atoms with Crippen LogP contribution in [0.15, 0.2) is 18.2 Å².